The Morgan fingerprint density at radius 1 is 0.323 bits per heavy atom. The van der Waals surface area contributed by atoms with Gasteiger partial charge in [0, 0.05) is 19.3 Å². The zero-order valence-corrected chi connectivity index (χ0v) is 41.7. The van der Waals surface area contributed by atoms with Gasteiger partial charge in [-0.3, -0.25) is 14.4 Å². The van der Waals surface area contributed by atoms with Gasteiger partial charge in [-0.1, -0.05) is 251 Å². The van der Waals surface area contributed by atoms with Crippen molar-refractivity contribution in [3.8, 4) is 0 Å². The maximum Gasteiger partial charge on any atom is 0.306 e. The molecular weight excluding hydrogens is 769 g/mol. The Balaban J connectivity index is 3.81. The SMILES string of the molecule is CCCCCCC/C=C\C/C=C\CCCCCCCCCCCCCCCCCCCCCC(=O)OCC(COC(=O)CCCCCCCC)OC(=O)CCCCCCCCC. The van der Waals surface area contributed by atoms with Crippen molar-refractivity contribution in [1.82, 2.24) is 0 Å². The van der Waals surface area contributed by atoms with E-state index in [2.05, 4.69) is 45.1 Å². The van der Waals surface area contributed by atoms with E-state index in [1.165, 1.54) is 193 Å². The monoisotopic (exact) mass is 873 g/mol. The molecule has 1 unspecified atom stereocenters. The number of ether oxygens (including phenoxy) is 3. The molecule has 0 aliphatic carbocycles. The van der Waals surface area contributed by atoms with E-state index in [-0.39, 0.29) is 31.1 Å². The summed E-state index contributed by atoms with van der Waals surface area (Å²) in [6, 6.07) is 0. The number of unbranched alkanes of at least 4 members (excludes halogenated alkanes) is 35. The van der Waals surface area contributed by atoms with Gasteiger partial charge in [0.25, 0.3) is 0 Å². The van der Waals surface area contributed by atoms with Crippen LogP contribution in [0.2, 0.25) is 0 Å². The van der Waals surface area contributed by atoms with Gasteiger partial charge < -0.3 is 14.2 Å². The minimum Gasteiger partial charge on any atom is -0.462 e. The van der Waals surface area contributed by atoms with Crippen molar-refractivity contribution in [2.24, 2.45) is 0 Å². The highest BCUT2D eigenvalue weighted by Gasteiger charge is 2.19. The van der Waals surface area contributed by atoms with E-state index in [9.17, 15) is 14.4 Å². The molecule has 0 aromatic carbocycles. The molecule has 0 saturated heterocycles. The Morgan fingerprint density at radius 3 is 0.887 bits per heavy atom. The van der Waals surface area contributed by atoms with Gasteiger partial charge in [0.05, 0.1) is 0 Å². The van der Waals surface area contributed by atoms with Crippen LogP contribution in [0.3, 0.4) is 0 Å². The Bertz CT molecular complexity index is 1000. The summed E-state index contributed by atoms with van der Waals surface area (Å²) in [6.45, 7) is 6.55. The first-order valence-electron chi connectivity index (χ1n) is 27.3. The van der Waals surface area contributed by atoms with Crippen LogP contribution in [0.4, 0.5) is 0 Å². The lowest BCUT2D eigenvalue weighted by Gasteiger charge is -2.18. The maximum atomic E-state index is 12.6. The minimum absolute atomic E-state index is 0.0668. The number of carbonyl (C=O) groups excluding carboxylic acids is 3. The summed E-state index contributed by atoms with van der Waals surface area (Å²) in [5.74, 6) is -0.872. The van der Waals surface area contributed by atoms with E-state index in [1.807, 2.05) is 0 Å². The number of allylic oxidation sites excluding steroid dienone is 4. The number of hydrogen-bond acceptors (Lipinski definition) is 6. The van der Waals surface area contributed by atoms with Crippen LogP contribution < -0.4 is 0 Å². The van der Waals surface area contributed by atoms with Gasteiger partial charge in [-0.05, 0) is 51.4 Å². The average molecular weight is 873 g/mol. The van der Waals surface area contributed by atoms with Crippen LogP contribution in [-0.4, -0.2) is 37.2 Å². The molecule has 0 aromatic rings. The van der Waals surface area contributed by atoms with Crippen LogP contribution in [0, 0.1) is 0 Å². The summed E-state index contributed by atoms with van der Waals surface area (Å²) < 4.78 is 16.6. The third-order valence-electron chi connectivity index (χ3n) is 12.2. The lowest BCUT2D eigenvalue weighted by Crippen LogP contribution is -2.30. The van der Waals surface area contributed by atoms with E-state index in [0.717, 1.165) is 64.2 Å². The van der Waals surface area contributed by atoms with Crippen LogP contribution in [0.15, 0.2) is 24.3 Å². The predicted molar refractivity (Wildman–Crippen MR) is 266 cm³/mol. The number of carbonyl (C=O) groups is 3. The summed E-state index contributed by atoms with van der Waals surface area (Å²) in [5.41, 5.74) is 0. The van der Waals surface area contributed by atoms with Gasteiger partial charge >= 0.3 is 17.9 Å². The van der Waals surface area contributed by atoms with E-state index < -0.39 is 6.10 Å². The highest BCUT2D eigenvalue weighted by molar-refractivity contribution is 5.71. The molecule has 0 bridgehead atoms. The quantitative estimate of drug-likeness (QED) is 0.0262. The van der Waals surface area contributed by atoms with Crippen LogP contribution in [0.25, 0.3) is 0 Å². The van der Waals surface area contributed by atoms with Crippen molar-refractivity contribution in [2.45, 2.75) is 303 Å². The first-order valence-corrected chi connectivity index (χ1v) is 27.3. The van der Waals surface area contributed by atoms with Gasteiger partial charge in [-0.15, -0.1) is 0 Å². The second kappa shape index (κ2) is 51.5. The van der Waals surface area contributed by atoms with Gasteiger partial charge in [0.2, 0.25) is 0 Å². The second-order valence-corrected chi connectivity index (χ2v) is 18.5. The van der Waals surface area contributed by atoms with E-state index in [1.54, 1.807) is 0 Å². The average Bonchev–Trinajstić information content (AvgIpc) is 3.27. The molecule has 6 nitrogen and oxygen atoms in total. The molecule has 0 radical (unpaired) electrons. The van der Waals surface area contributed by atoms with Crippen LogP contribution >= 0.6 is 0 Å². The Kier molecular flexibility index (Phi) is 49.8. The van der Waals surface area contributed by atoms with Crippen LogP contribution in [0.5, 0.6) is 0 Å². The van der Waals surface area contributed by atoms with Crippen molar-refractivity contribution in [2.75, 3.05) is 13.2 Å². The molecule has 62 heavy (non-hydrogen) atoms. The van der Waals surface area contributed by atoms with Crippen molar-refractivity contribution in [3.05, 3.63) is 24.3 Å². The number of esters is 3. The molecule has 1 atom stereocenters. The summed E-state index contributed by atoms with van der Waals surface area (Å²) >= 11 is 0. The largest absolute Gasteiger partial charge is 0.462 e. The molecule has 0 aromatic heterocycles. The topological polar surface area (TPSA) is 78.9 Å². The van der Waals surface area contributed by atoms with Crippen molar-refractivity contribution in [1.29, 1.82) is 0 Å². The molecule has 0 aliphatic heterocycles. The van der Waals surface area contributed by atoms with Crippen molar-refractivity contribution in [3.63, 3.8) is 0 Å². The van der Waals surface area contributed by atoms with Crippen molar-refractivity contribution < 1.29 is 28.6 Å². The zero-order valence-electron chi connectivity index (χ0n) is 41.7. The van der Waals surface area contributed by atoms with E-state index in [0.29, 0.717) is 19.3 Å². The Morgan fingerprint density at radius 2 is 0.581 bits per heavy atom. The molecule has 0 rings (SSSR count). The van der Waals surface area contributed by atoms with Gasteiger partial charge in [0.1, 0.15) is 13.2 Å². The molecule has 6 heteroatoms. The number of hydrogen-bond donors (Lipinski definition) is 0. The fraction of sp³-hybridized carbons (Fsp3) is 0.875. The Labute approximate surface area is 385 Å². The fourth-order valence-corrected chi connectivity index (χ4v) is 8.06. The number of rotatable bonds is 50. The third-order valence-corrected chi connectivity index (χ3v) is 12.2. The predicted octanol–water partition coefficient (Wildman–Crippen LogP) is 17.9. The minimum atomic E-state index is -0.759. The normalized spacial score (nSPS) is 12.1. The van der Waals surface area contributed by atoms with Gasteiger partial charge in [-0.2, -0.15) is 0 Å². The summed E-state index contributed by atoms with van der Waals surface area (Å²) in [5, 5.41) is 0. The van der Waals surface area contributed by atoms with Crippen LogP contribution in [0.1, 0.15) is 297 Å². The molecule has 0 fully saturated rings. The lowest BCUT2D eigenvalue weighted by atomic mass is 10.0. The van der Waals surface area contributed by atoms with E-state index >= 15 is 0 Å². The standard InChI is InChI=1S/C56H104O6/c1-4-7-10-13-16-17-18-19-20-21-22-23-24-25-26-27-28-29-30-31-32-33-34-35-36-37-38-39-41-43-46-49-55(58)61-52-53(51-60-54(57)48-45-42-15-12-9-6-3)62-56(59)50-47-44-40-14-11-8-5-2/h18-19,21-22,53H,4-17,20,23-52H2,1-3H3/b19-18-,22-21-. The van der Waals surface area contributed by atoms with Gasteiger partial charge in [0.15, 0.2) is 6.10 Å². The second-order valence-electron chi connectivity index (χ2n) is 18.5. The highest BCUT2D eigenvalue weighted by atomic mass is 16.6. The molecule has 0 heterocycles. The van der Waals surface area contributed by atoms with E-state index in [4.69, 9.17) is 14.2 Å². The highest BCUT2D eigenvalue weighted by Crippen LogP contribution is 2.16. The smallest absolute Gasteiger partial charge is 0.306 e. The third kappa shape index (κ3) is 48.9. The summed E-state index contributed by atoms with van der Waals surface area (Å²) in [4.78, 5) is 37.5. The Hall–Kier alpha value is -2.11. The first-order chi connectivity index (χ1) is 30.5. The summed E-state index contributed by atoms with van der Waals surface area (Å²) in [6.07, 6.45) is 59.6. The first kappa shape index (κ1) is 59.9. The summed E-state index contributed by atoms with van der Waals surface area (Å²) in [7, 11) is 0. The molecule has 0 amide bonds. The maximum absolute atomic E-state index is 12.6. The molecule has 0 N–H and O–H groups in total. The molecule has 0 spiro atoms. The molecule has 0 aliphatic rings. The molecule has 0 saturated carbocycles. The fourth-order valence-electron chi connectivity index (χ4n) is 8.06. The molecule has 364 valence electrons. The van der Waals surface area contributed by atoms with Crippen molar-refractivity contribution >= 4 is 17.9 Å². The van der Waals surface area contributed by atoms with Gasteiger partial charge in [-0.25, -0.2) is 0 Å². The molecular formula is C56H104O6. The van der Waals surface area contributed by atoms with Crippen LogP contribution in [-0.2, 0) is 28.6 Å². The lowest BCUT2D eigenvalue weighted by molar-refractivity contribution is -0.167. The zero-order chi connectivity index (χ0) is 45.1.